The van der Waals surface area contributed by atoms with Crippen molar-refractivity contribution in [1.82, 2.24) is 10.6 Å². The molecule has 0 spiro atoms. The minimum atomic E-state index is 0.161. The van der Waals surface area contributed by atoms with E-state index in [0.29, 0.717) is 18.0 Å². The zero-order valence-electron chi connectivity index (χ0n) is 8.96. The lowest BCUT2D eigenvalue weighted by Gasteiger charge is -2.35. The van der Waals surface area contributed by atoms with Gasteiger partial charge in [0.2, 0.25) is 5.91 Å². The van der Waals surface area contributed by atoms with Crippen LogP contribution in [-0.4, -0.2) is 23.7 Å². The predicted octanol–water partition coefficient (Wildman–Crippen LogP) is 1.01. The minimum Gasteiger partial charge on any atom is -0.343 e. The van der Waals surface area contributed by atoms with Gasteiger partial charge < -0.3 is 5.32 Å². The molecule has 14 heavy (non-hydrogen) atoms. The van der Waals surface area contributed by atoms with Crippen molar-refractivity contribution in [1.29, 1.82) is 0 Å². The SMILES string of the molecule is CC(C)(C)C1CSC2NCNC(=O)C21. The Balaban J connectivity index is 2.18. The molecular weight excluding hydrogens is 196 g/mol. The molecule has 0 aromatic carbocycles. The summed E-state index contributed by atoms with van der Waals surface area (Å²) in [6.07, 6.45) is 0. The van der Waals surface area contributed by atoms with Crippen molar-refractivity contribution in [3.63, 3.8) is 0 Å². The first-order chi connectivity index (χ1) is 6.50. The van der Waals surface area contributed by atoms with E-state index in [-0.39, 0.29) is 17.2 Å². The number of nitrogens with one attached hydrogen (secondary N) is 2. The van der Waals surface area contributed by atoms with Crippen molar-refractivity contribution < 1.29 is 4.79 Å². The number of amides is 1. The van der Waals surface area contributed by atoms with E-state index >= 15 is 0 Å². The van der Waals surface area contributed by atoms with Crippen LogP contribution in [0.2, 0.25) is 0 Å². The van der Waals surface area contributed by atoms with Crippen molar-refractivity contribution in [3.8, 4) is 0 Å². The number of hydrogen-bond donors (Lipinski definition) is 2. The summed E-state index contributed by atoms with van der Waals surface area (Å²) in [5, 5.41) is 6.58. The van der Waals surface area contributed by atoms with Crippen LogP contribution < -0.4 is 10.6 Å². The quantitative estimate of drug-likeness (QED) is 0.632. The molecule has 80 valence electrons. The van der Waals surface area contributed by atoms with Crippen LogP contribution in [0.4, 0.5) is 0 Å². The highest BCUT2D eigenvalue weighted by Gasteiger charge is 2.47. The third-order valence-corrected chi connectivity index (χ3v) is 4.57. The zero-order chi connectivity index (χ0) is 10.3. The molecule has 2 aliphatic heterocycles. The molecule has 2 aliphatic rings. The van der Waals surface area contributed by atoms with E-state index in [1.165, 1.54) is 0 Å². The van der Waals surface area contributed by atoms with Crippen LogP contribution in [0.1, 0.15) is 20.8 Å². The van der Waals surface area contributed by atoms with Crippen molar-refractivity contribution in [3.05, 3.63) is 0 Å². The predicted molar refractivity (Wildman–Crippen MR) is 58.8 cm³/mol. The Morgan fingerprint density at radius 2 is 2.14 bits per heavy atom. The zero-order valence-corrected chi connectivity index (χ0v) is 9.78. The number of carbonyl (C=O) groups is 1. The molecule has 0 aliphatic carbocycles. The van der Waals surface area contributed by atoms with Crippen LogP contribution in [0, 0.1) is 17.3 Å². The van der Waals surface area contributed by atoms with Gasteiger partial charge in [-0.05, 0) is 17.1 Å². The summed E-state index contributed by atoms with van der Waals surface area (Å²) in [6.45, 7) is 7.30. The summed E-state index contributed by atoms with van der Waals surface area (Å²) < 4.78 is 0. The Morgan fingerprint density at radius 1 is 1.43 bits per heavy atom. The third kappa shape index (κ3) is 1.65. The number of carbonyl (C=O) groups excluding carboxylic acids is 1. The number of thioether (sulfide) groups is 1. The van der Waals surface area contributed by atoms with Crippen molar-refractivity contribution in [2.24, 2.45) is 17.3 Å². The third-order valence-electron chi connectivity index (χ3n) is 3.20. The van der Waals surface area contributed by atoms with Gasteiger partial charge in [0.05, 0.1) is 18.0 Å². The first kappa shape index (κ1) is 10.3. The van der Waals surface area contributed by atoms with E-state index in [4.69, 9.17) is 0 Å². The molecule has 0 aromatic rings. The first-order valence-electron chi connectivity index (χ1n) is 5.13. The molecular formula is C10H18N2OS. The second kappa shape index (κ2) is 3.42. The largest absolute Gasteiger partial charge is 0.343 e. The van der Waals surface area contributed by atoms with E-state index in [2.05, 4.69) is 31.4 Å². The second-order valence-corrected chi connectivity index (χ2v) is 6.35. The van der Waals surface area contributed by atoms with Crippen molar-refractivity contribution in [2.75, 3.05) is 12.4 Å². The molecule has 0 bridgehead atoms. The van der Waals surface area contributed by atoms with E-state index in [0.717, 1.165) is 5.75 Å². The van der Waals surface area contributed by atoms with Gasteiger partial charge in [-0.25, -0.2) is 0 Å². The molecule has 3 nitrogen and oxygen atoms in total. The van der Waals surface area contributed by atoms with E-state index in [9.17, 15) is 4.79 Å². The average molecular weight is 214 g/mol. The van der Waals surface area contributed by atoms with Gasteiger partial charge in [-0.1, -0.05) is 20.8 Å². The monoisotopic (exact) mass is 214 g/mol. The number of rotatable bonds is 0. The maximum absolute atomic E-state index is 11.8. The van der Waals surface area contributed by atoms with Gasteiger partial charge >= 0.3 is 0 Å². The molecule has 3 unspecified atom stereocenters. The van der Waals surface area contributed by atoms with E-state index in [1.54, 1.807) is 0 Å². The molecule has 4 heteroatoms. The molecule has 1 amide bonds. The van der Waals surface area contributed by atoms with Crippen molar-refractivity contribution >= 4 is 17.7 Å². The molecule has 2 saturated heterocycles. The molecule has 2 heterocycles. The molecule has 2 fully saturated rings. The van der Waals surface area contributed by atoms with Gasteiger partial charge in [-0.2, -0.15) is 0 Å². The highest BCUT2D eigenvalue weighted by atomic mass is 32.2. The summed E-state index contributed by atoms with van der Waals surface area (Å²) in [7, 11) is 0. The highest BCUT2D eigenvalue weighted by Crippen LogP contribution is 2.45. The topological polar surface area (TPSA) is 41.1 Å². The lowest BCUT2D eigenvalue weighted by Crippen LogP contribution is -2.54. The van der Waals surface area contributed by atoms with Gasteiger partial charge in [-0.3, -0.25) is 10.1 Å². The normalized spacial score (nSPS) is 37.9. The fourth-order valence-corrected chi connectivity index (χ4v) is 4.12. The van der Waals surface area contributed by atoms with Crippen LogP contribution in [0.5, 0.6) is 0 Å². The van der Waals surface area contributed by atoms with Gasteiger partial charge in [0.15, 0.2) is 0 Å². The van der Waals surface area contributed by atoms with Crippen LogP contribution >= 0.6 is 11.8 Å². The fourth-order valence-electron chi connectivity index (χ4n) is 2.28. The van der Waals surface area contributed by atoms with Crippen LogP contribution in [-0.2, 0) is 4.79 Å². The standard InChI is InChI=1S/C10H18N2OS/c1-10(2,3)6-4-14-9-7(6)8(13)11-5-12-9/h6-7,9,12H,4-5H2,1-3H3,(H,11,13). The van der Waals surface area contributed by atoms with E-state index in [1.807, 2.05) is 11.8 Å². The molecule has 0 aromatic heterocycles. The Labute approximate surface area is 89.4 Å². The summed E-state index contributed by atoms with van der Waals surface area (Å²) in [5.74, 6) is 1.98. The average Bonchev–Trinajstić information content (AvgIpc) is 2.47. The Kier molecular flexibility index (Phi) is 2.52. The molecule has 3 atom stereocenters. The highest BCUT2D eigenvalue weighted by molar-refractivity contribution is 8.00. The van der Waals surface area contributed by atoms with Crippen LogP contribution in [0.15, 0.2) is 0 Å². The Bertz CT molecular complexity index is 249. The molecule has 0 saturated carbocycles. The maximum Gasteiger partial charge on any atom is 0.226 e. The second-order valence-electron chi connectivity index (χ2n) is 5.17. The molecule has 2 rings (SSSR count). The lowest BCUT2D eigenvalue weighted by molar-refractivity contribution is -0.129. The van der Waals surface area contributed by atoms with Gasteiger partial charge in [0, 0.05) is 0 Å². The van der Waals surface area contributed by atoms with Crippen molar-refractivity contribution in [2.45, 2.75) is 26.1 Å². The lowest BCUT2D eigenvalue weighted by atomic mass is 9.73. The summed E-state index contributed by atoms with van der Waals surface area (Å²) in [5.41, 5.74) is 0.225. The van der Waals surface area contributed by atoms with E-state index < -0.39 is 0 Å². The smallest absolute Gasteiger partial charge is 0.226 e. The summed E-state index contributed by atoms with van der Waals surface area (Å²) in [4.78, 5) is 11.8. The van der Waals surface area contributed by atoms with Crippen LogP contribution in [0.3, 0.4) is 0 Å². The Morgan fingerprint density at radius 3 is 2.79 bits per heavy atom. The Hall–Kier alpha value is -0.220. The maximum atomic E-state index is 11.8. The number of hydrogen-bond acceptors (Lipinski definition) is 3. The molecule has 0 radical (unpaired) electrons. The first-order valence-corrected chi connectivity index (χ1v) is 6.18. The summed E-state index contributed by atoms with van der Waals surface area (Å²) >= 11 is 1.89. The van der Waals surface area contributed by atoms with Gasteiger partial charge in [0.25, 0.3) is 0 Å². The fraction of sp³-hybridized carbons (Fsp3) is 0.900. The van der Waals surface area contributed by atoms with Gasteiger partial charge in [0.1, 0.15) is 0 Å². The van der Waals surface area contributed by atoms with Gasteiger partial charge in [-0.15, -0.1) is 11.8 Å². The molecule has 2 N–H and O–H groups in total. The minimum absolute atomic E-state index is 0.161. The number of fused-ring (bicyclic) bond motifs is 1. The summed E-state index contributed by atoms with van der Waals surface area (Å²) in [6, 6.07) is 0. The van der Waals surface area contributed by atoms with Crippen LogP contribution in [0.25, 0.3) is 0 Å².